The highest BCUT2D eigenvalue weighted by atomic mass is 16.2. The van der Waals surface area contributed by atoms with Crippen LogP contribution in [0, 0.1) is 6.92 Å². The van der Waals surface area contributed by atoms with Crippen molar-refractivity contribution in [1.29, 1.82) is 0 Å². The van der Waals surface area contributed by atoms with E-state index in [2.05, 4.69) is 10.3 Å². The molecule has 124 valence electrons. The second-order valence-corrected chi connectivity index (χ2v) is 5.90. The lowest BCUT2D eigenvalue weighted by Crippen LogP contribution is -2.52. The van der Waals surface area contributed by atoms with Gasteiger partial charge in [0.2, 0.25) is 11.8 Å². The summed E-state index contributed by atoms with van der Waals surface area (Å²) in [5, 5.41) is 2.85. The largest absolute Gasteiger partial charge is 0.397 e. The van der Waals surface area contributed by atoms with Crippen LogP contribution >= 0.6 is 0 Å². The lowest BCUT2D eigenvalue weighted by atomic mass is 9.97. The van der Waals surface area contributed by atoms with Crippen LogP contribution in [0.3, 0.4) is 0 Å². The Labute approximate surface area is 140 Å². The summed E-state index contributed by atoms with van der Waals surface area (Å²) in [5.41, 5.74) is 8.67. The average molecular weight is 324 g/mol. The van der Waals surface area contributed by atoms with Crippen molar-refractivity contribution < 1.29 is 9.59 Å². The molecule has 0 spiro atoms. The Hall–Kier alpha value is -2.89. The Balaban J connectivity index is 1.86. The third-order valence-corrected chi connectivity index (χ3v) is 4.20. The van der Waals surface area contributed by atoms with Crippen molar-refractivity contribution in [2.75, 3.05) is 18.8 Å². The number of nitrogens with two attached hydrogens (primary N) is 1. The van der Waals surface area contributed by atoms with Crippen LogP contribution < -0.4 is 11.1 Å². The quantitative estimate of drug-likeness (QED) is 0.888. The van der Waals surface area contributed by atoms with Gasteiger partial charge in [-0.1, -0.05) is 24.3 Å². The van der Waals surface area contributed by atoms with Crippen molar-refractivity contribution in [3.63, 3.8) is 0 Å². The maximum Gasteiger partial charge on any atom is 0.247 e. The molecule has 1 fully saturated rings. The Bertz CT molecular complexity index is 758. The molecule has 1 unspecified atom stereocenters. The number of rotatable bonds is 3. The van der Waals surface area contributed by atoms with E-state index in [0.29, 0.717) is 24.5 Å². The molecule has 1 aliphatic rings. The number of aromatic nitrogens is 1. The number of piperazine rings is 1. The summed E-state index contributed by atoms with van der Waals surface area (Å²) in [4.78, 5) is 31.0. The number of nitrogens with zero attached hydrogens (tertiary/aromatic N) is 2. The predicted molar refractivity (Wildman–Crippen MR) is 91.0 cm³/mol. The van der Waals surface area contributed by atoms with Crippen molar-refractivity contribution >= 4 is 17.5 Å². The molecule has 0 bridgehead atoms. The number of benzene rings is 1. The third kappa shape index (κ3) is 3.22. The normalized spacial score (nSPS) is 17.5. The number of pyridine rings is 1. The molecule has 1 aromatic carbocycles. The van der Waals surface area contributed by atoms with Crippen molar-refractivity contribution in [3.05, 3.63) is 59.4 Å². The molecule has 0 aliphatic carbocycles. The predicted octanol–water partition coefficient (Wildman–Crippen LogP) is 1.21. The molecule has 24 heavy (non-hydrogen) atoms. The molecule has 1 aliphatic heterocycles. The summed E-state index contributed by atoms with van der Waals surface area (Å²) in [6.45, 7) is 2.89. The molecule has 1 atom stereocenters. The van der Waals surface area contributed by atoms with Crippen molar-refractivity contribution in [2.24, 2.45) is 0 Å². The van der Waals surface area contributed by atoms with Crippen LogP contribution in [0.5, 0.6) is 0 Å². The lowest BCUT2D eigenvalue weighted by molar-refractivity contribution is -0.143. The molecule has 2 heterocycles. The van der Waals surface area contributed by atoms with E-state index >= 15 is 0 Å². The fourth-order valence-electron chi connectivity index (χ4n) is 2.94. The van der Waals surface area contributed by atoms with Crippen LogP contribution in [0.1, 0.15) is 22.9 Å². The second-order valence-electron chi connectivity index (χ2n) is 5.90. The number of hydrogen-bond acceptors (Lipinski definition) is 4. The molecular formula is C18H20N4O2. The third-order valence-electron chi connectivity index (χ3n) is 4.20. The minimum atomic E-state index is -0.596. The van der Waals surface area contributed by atoms with Gasteiger partial charge in [0, 0.05) is 18.8 Å². The van der Waals surface area contributed by atoms with E-state index in [1.165, 1.54) is 6.20 Å². The van der Waals surface area contributed by atoms with E-state index in [1.54, 1.807) is 17.0 Å². The van der Waals surface area contributed by atoms with Crippen LogP contribution in [0.25, 0.3) is 0 Å². The van der Waals surface area contributed by atoms with Gasteiger partial charge in [0.1, 0.15) is 6.04 Å². The first-order valence-electron chi connectivity index (χ1n) is 7.89. The Morgan fingerprint density at radius 2 is 2.12 bits per heavy atom. The highest BCUT2D eigenvalue weighted by Gasteiger charge is 2.34. The maximum atomic E-state index is 12.8. The monoisotopic (exact) mass is 324 g/mol. The summed E-state index contributed by atoms with van der Waals surface area (Å²) >= 11 is 0. The van der Waals surface area contributed by atoms with Gasteiger partial charge in [-0.15, -0.1) is 0 Å². The molecule has 3 N–H and O–H groups in total. The first-order chi connectivity index (χ1) is 11.6. The smallest absolute Gasteiger partial charge is 0.247 e. The van der Waals surface area contributed by atoms with E-state index < -0.39 is 6.04 Å². The van der Waals surface area contributed by atoms with Gasteiger partial charge in [0.05, 0.1) is 18.3 Å². The zero-order valence-corrected chi connectivity index (χ0v) is 13.5. The molecule has 6 nitrogen and oxygen atoms in total. The zero-order valence-electron chi connectivity index (χ0n) is 13.5. The van der Waals surface area contributed by atoms with Gasteiger partial charge in [-0.3, -0.25) is 14.6 Å². The lowest BCUT2D eigenvalue weighted by Gasteiger charge is -2.36. The molecular weight excluding hydrogens is 304 g/mol. The second kappa shape index (κ2) is 6.70. The van der Waals surface area contributed by atoms with Crippen LogP contribution in [-0.2, 0) is 16.0 Å². The van der Waals surface area contributed by atoms with Crippen LogP contribution in [-0.4, -0.2) is 34.8 Å². The number of nitrogen functional groups attached to an aromatic ring is 1. The van der Waals surface area contributed by atoms with Crippen molar-refractivity contribution in [3.8, 4) is 0 Å². The average Bonchev–Trinajstić information content (AvgIpc) is 2.57. The van der Waals surface area contributed by atoms with E-state index in [9.17, 15) is 9.59 Å². The zero-order chi connectivity index (χ0) is 17.1. The molecule has 3 rings (SSSR count). The summed E-state index contributed by atoms with van der Waals surface area (Å²) < 4.78 is 0. The van der Waals surface area contributed by atoms with Crippen LogP contribution in [0.2, 0.25) is 0 Å². The molecule has 1 saturated heterocycles. The number of nitrogens with one attached hydrogen (secondary N) is 1. The summed E-state index contributed by atoms with van der Waals surface area (Å²) in [7, 11) is 0. The van der Waals surface area contributed by atoms with E-state index in [-0.39, 0.29) is 18.2 Å². The van der Waals surface area contributed by atoms with Crippen LogP contribution in [0.15, 0.2) is 42.6 Å². The van der Waals surface area contributed by atoms with E-state index in [4.69, 9.17) is 5.73 Å². The topological polar surface area (TPSA) is 88.3 Å². The molecule has 1 aromatic heterocycles. The SMILES string of the molecule is Cc1ccccc1C1C(=O)NCCN1C(=O)Cc1ccc(N)cn1. The number of aryl methyl sites for hydroxylation is 1. The summed E-state index contributed by atoms with van der Waals surface area (Å²) in [5.74, 6) is -0.260. The summed E-state index contributed by atoms with van der Waals surface area (Å²) in [6, 6.07) is 10.5. The molecule has 0 radical (unpaired) electrons. The van der Waals surface area contributed by atoms with Crippen molar-refractivity contribution in [2.45, 2.75) is 19.4 Å². The minimum absolute atomic E-state index is 0.115. The van der Waals surface area contributed by atoms with E-state index in [1.807, 2.05) is 31.2 Å². The highest BCUT2D eigenvalue weighted by molar-refractivity contribution is 5.90. The van der Waals surface area contributed by atoms with Gasteiger partial charge in [-0.05, 0) is 30.2 Å². The Morgan fingerprint density at radius 3 is 2.83 bits per heavy atom. The standard InChI is InChI=1S/C18H20N4O2/c1-12-4-2-3-5-15(12)17-18(24)20-8-9-22(17)16(23)10-14-7-6-13(19)11-21-14/h2-7,11,17H,8-10,19H2,1H3,(H,20,24). The van der Waals surface area contributed by atoms with Gasteiger partial charge >= 0.3 is 0 Å². The molecule has 0 saturated carbocycles. The number of hydrogen-bond donors (Lipinski definition) is 2. The maximum absolute atomic E-state index is 12.8. The van der Waals surface area contributed by atoms with Gasteiger partial charge in [-0.25, -0.2) is 0 Å². The first-order valence-corrected chi connectivity index (χ1v) is 7.89. The Kier molecular flexibility index (Phi) is 4.46. The van der Waals surface area contributed by atoms with E-state index in [0.717, 1.165) is 11.1 Å². The number of carbonyl (C=O) groups is 2. The fraction of sp³-hybridized carbons (Fsp3) is 0.278. The number of carbonyl (C=O) groups excluding carboxylic acids is 2. The number of anilines is 1. The van der Waals surface area contributed by atoms with Gasteiger partial charge in [0.25, 0.3) is 0 Å². The fourth-order valence-corrected chi connectivity index (χ4v) is 2.94. The van der Waals surface area contributed by atoms with Gasteiger partial charge < -0.3 is 16.0 Å². The molecule has 2 amide bonds. The van der Waals surface area contributed by atoms with Gasteiger partial charge in [0.15, 0.2) is 0 Å². The van der Waals surface area contributed by atoms with Crippen LogP contribution in [0.4, 0.5) is 5.69 Å². The van der Waals surface area contributed by atoms with Gasteiger partial charge in [-0.2, -0.15) is 0 Å². The highest BCUT2D eigenvalue weighted by Crippen LogP contribution is 2.26. The minimum Gasteiger partial charge on any atom is -0.397 e. The summed E-state index contributed by atoms with van der Waals surface area (Å²) in [6.07, 6.45) is 1.68. The number of amides is 2. The molecule has 2 aromatic rings. The first kappa shape index (κ1) is 16.0. The van der Waals surface area contributed by atoms with Crippen molar-refractivity contribution in [1.82, 2.24) is 15.2 Å². The Morgan fingerprint density at radius 1 is 1.33 bits per heavy atom. The molecule has 6 heteroatoms.